The Kier molecular flexibility index (Phi) is 5.48. The fourth-order valence-electron chi connectivity index (χ4n) is 1.16. The number of carbonyl (C=O) groups is 1. The predicted octanol–water partition coefficient (Wildman–Crippen LogP) is 2.45. The van der Waals surface area contributed by atoms with Crippen molar-refractivity contribution in [3.05, 3.63) is 35.5 Å². The number of rotatable bonds is 4. The molecule has 2 atom stereocenters. The molecular weight excluding hydrogens is 356 g/mol. The lowest BCUT2D eigenvalue weighted by atomic mass is 10.3. The largest absolute Gasteiger partial charge is 0.466 e. The number of methoxy groups -OCH3 is 1. The topological polar surface area (TPSA) is 47.6 Å². The van der Waals surface area contributed by atoms with Crippen LogP contribution in [0.4, 0.5) is 0 Å². The second kappa shape index (κ2) is 6.42. The molecule has 0 radical (unpaired) electrons. The van der Waals surface area contributed by atoms with Gasteiger partial charge in [-0.25, -0.2) is 4.79 Å². The smallest absolute Gasteiger partial charge is 0.330 e. The van der Waals surface area contributed by atoms with Crippen molar-refractivity contribution in [3.8, 4) is 0 Å². The molecule has 6 heteroatoms. The standard InChI is InChI=1S/C11H13ClINO3/c1-8(5-6-10(15)16-2)17-11(13)7-3-4-9(12)14-11/h3-8,14H,1-2H3. The third-order valence-corrected chi connectivity index (χ3v) is 3.01. The first kappa shape index (κ1) is 14.5. The Bertz CT molecular complexity index is 381. The molecule has 0 saturated heterocycles. The van der Waals surface area contributed by atoms with Crippen LogP contribution in [0.1, 0.15) is 6.92 Å². The van der Waals surface area contributed by atoms with Gasteiger partial charge in [-0.1, -0.05) is 17.7 Å². The van der Waals surface area contributed by atoms with Gasteiger partial charge in [-0.15, -0.1) is 0 Å². The number of nitrogens with one attached hydrogen (secondary N) is 1. The first-order chi connectivity index (χ1) is 7.95. The fraction of sp³-hybridized carbons (Fsp3) is 0.364. The average molecular weight is 370 g/mol. The third kappa shape index (κ3) is 5.10. The molecule has 4 nitrogen and oxygen atoms in total. The maximum absolute atomic E-state index is 10.9. The van der Waals surface area contributed by atoms with Crippen LogP contribution in [0.2, 0.25) is 0 Å². The summed E-state index contributed by atoms with van der Waals surface area (Å²) in [6, 6.07) is 0. The predicted molar refractivity (Wildman–Crippen MR) is 74.7 cm³/mol. The van der Waals surface area contributed by atoms with Crippen molar-refractivity contribution in [2.45, 2.75) is 16.8 Å². The molecule has 1 heterocycles. The minimum absolute atomic E-state index is 0.259. The minimum Gasteiger partial charge on any atom is -0.466 e. The van der Waals surface area contributed by atoms with Crippen LogP contribution < -0.4 is 5.32 Å². The molecule has 17 heavy (non-hydrogen) atoms. The Balaban J connectivity index is 2.54. The number of hydrogen-bond acceptors (Lipinski definition) is 4. The first-order valence-electron chi connectivity index (χ1n) is 4.91. The summed E-state index contributed by atoms with van der Waals surface area (Å²) in [5, 5.41) is 3.48. The van der Waals surface area contributed by atoms with Crippen molar-refractivity contribution in [3.63, 3.8) is 0 Å². The highest BCUT2D eigenvalue weighted by atomic mass is 127. The van der Waals surface area contributed by atoms with E-state index in [4.69, 9.17) is 16.3 Å². The second-order valence-corrected chi connectivity index (χ2v) is 5.36. The van der Waals surface area contributed by atoms with E-state index in [1.165, 1.54) is 13.2 Å². The molecule has 94 valence electrons. The molecule has 1 N–H and O–H groups in total. The summed E-state index contributed by atoms with van der Waals surface area (Å²) in [5.41, 5.74) is 0. The fourth-order valence-corrected chi connectivity index (χ4v) is 2.43. The van der Waals surface area contributed by atoms with Crippen molar-refractivity contribution in [1.29, 1.82) is 0 Å². The van der Waals surface area contributed by atoms with E-state index in [0.29, 0.717) is 5.16 Å². The van der Waals surface area contributed by atoms with Crippen LogP contribution in [0.5, 0.6) is 0 Å². The summed E-state index contributed by atoms with van der Waals surface area (Å²) in [7, 11) is 1.33. The van der Waals surface area contributed by atoms with Crippen molar-refractivity contribution in [2.75, 3.05) is 7.11 Å². The Hall–Kier alpha value is -0.530. The Morgan fingerprint density at radius 1 is 1.71 bits per heavy atom. The summed E-state index contributed by atoms with van der Waals surface area (Å²) in [4.78, 5) is 10.9. The number of halogens is 2. The lowest BCUT2D eigenvalue weighted by molar-refractivity contribution is -0.134. The van der Waals surface area contributed by atoms with Gasteiger partial charge in [-0.3, -0.25) is 0 Å². The number of alkyl halides is 1. The van der Waals surface area contributed by atoms with Gasteiger partial charge in [-0.2, -0.15) is 0 Å². The summed E-state index contributed by atoms with van der Waals surface area (Å²) in [5.74, 6) is -0.409. The zero-order chi connectivity index (χ0) is 12.9. The number of ether oxygens (including phenoxy) is 2. The zero-order valence-electron chi connectivity index (χ0n) is 9.44. The number of esters is 1. The van der Waals surface area contributed by atoms with Crippen LogP contribution >= 0.6 is 34.2 Å². The van der Waals surface area contributed by atoms with Crippen molar-refractivity contribution in [2.24, 2.45) is 0 Å². The van der Waals surface area contributed by atoms with Gasteiger partial charge in [-0.05, 0) is 47.7 Å². The Labute approximate surface area is 119 Å². The van der Waals surface area contributed by atoms with Gasteiger partial charge in [0, 0.05) is 6.08 Å². The number of dihydropyridines is 1. The maximum atomic E-state index is 10.9. The van der Waals surface area contributed by atoms with Crippen molar-refractivity contribution < 1.29 is 14.3 Å². The molecule has 0 aromatic heterocycles. The van der Waals surface area contributed by atoms with E-state index >= 15 is 0 Å². The average Bonchev–Trinajstić information content (AvgIpc) is 2.24. The lowest BCUT2D eigenvalue weighted by Gasteiger charge is -2.30. The van der Waals surface area contributed by atoms with Crippen LogP contribution in [-0.2, 0) is 14.3 Å². The van der Waals surface area contributed by atoms with Gasteiger partial charge in [0.05, 0.1) is 13.2 Å². The Morgan fingerprint density at radius 2 is 2.41 bits per heavy atom. The molecular formula is C11H13ClINO3. The highest BCUT2D eigenvalue weighted by molar-refractivity contribution is 14.1. The van der Waals surface area contributed by atoms with E-state index in [-0.39, 0.29) is 6.10 Å². The van der Waals surface area contributed by atoms with E-state index in [1.807, 2.05) is 19.1 Å². The van der Waals surface area contributed by atoms with Gasteiger partial charge >= 0.3 is 5.97 Å². The van der Waals surface area contributed by atoms with E-state index < -0.39 is 9.70 Å². The van der Waals surface area contributed by atoms with Crippen LogP contribution in [0, 0.1) is 0 Å². The molecule has 2 unspecified atom stereocenters. The monoisotopic (exact) mass is 369 g/mol. The summed E-state index contributed by atoms with van der Waals surface area (Å²) >= 11 is 7.95. The van der Waals surface area contributed by atoms with Crippen molar-refractivity contribution >= 4 is 40.2 Å². The molecule has 0 amide bonds. The maximum Gasteiger partial charge on any atom is 0.330 e. The molecule has 0 bridgehead atoms. The second-order valence-electron chi connectivity index (χ2n) is 3.35. The van der Waals surface area contributed by atoms with E-state index in [0.717, 1.165) is 0 Å². The minimum atomic E-state index is -0.705. The van der Waals surface area contributed by atoms with Crippen LogP contribution in [0.25, 0.3) is 0 Å². The molecule has 1 aliphatic rings. The van der Waals surface area contributed by atoms with Gasteiger partial charge in [0.15, 0.2) is 0 Å². The summed E-state index contributed by atoms with van der Waals surface area (Å²) < 4.78 is 9.50. The van der Waals surface area contributed by atoms with Gasteiger partial charge in [0.2, 0.25) is 3.73 Å². The molecule has 1 rings (SSSR count). The Morgan fingerprint density at radius 3 is 3.00 bits per heavy atom. The van der Waals surface area contributed by atoms with Gasteiger partial charge < -0.3 is 14.8 Å². The first-order valence-corrected chi connectivity index (χ1v) is 6.37. The van der Waals surface area contributed by atoms with Crippen molar-refractivity contribution in [1.82, 2.24) is 5.32 Å². The van der Waals surface area contributed by atoms with Crippen LogP contribution in [-0.4, -0.2) is 22.9 Å². The number of carbonyl (C=O) groups excluding carboxylic acids is 1. The number of allylic oxidation sites excluding steroid dienone is 2. The number of hydrogen-bond donors (Lipinski definition) is 1. The SMILES string of the molecule is COC(=O)C=CC(C)OC1(I)C=CC=C(Cl)N1. The van der Waals surface area contributed by atoms with E-state index in [2.05, 4.69) is 32.6 Å². The molecule has 0 saturated carbocycles. The molecule has 0 aromatic carbocycles. The normalized spacial score (nSPS) is 25.3. The van der Waals surface area contributed by atoms with Crippen LogP contribution in [0.3, 0.4) is 0 Å². The molecule has 0 aromatic rings. The molecule has 1 aliphatic heterocycles. The lowest BCUT2D eigenvalue weighted by Crippen LogP contribution is -2.41. The van der Waals surface area contributed by atoms with E-state index in [9.17, 15) is 4.79 Å². The van der Waals surface area contributed by atoms with Gasteiger partial charge in [0.1, 0.15) is 5.16 Å². The van der Waals surface area contributed by atoms with Gasteiger partial charge in [0.25, 0.3) is 0 Å². The zero-order valence-corrected chi connectivity index (χ0v) is 12.4. The molecule has 0 spiro atoms. The highest BCUT2D eigenvalue weighted by Gasteiger charge is 2.27. The molecule has 0 aliphatic carbocycles. The highest BCUT2D eigenvalue weighted by Crippen LogP contribution is 2.26. The quantitative estimate of drug-likeness (QED) is 0.272. The summed E-state index contributed by atoms with van der Waals surface area (Å²) in [6.07, 6.45) is 8.06. The van der Waals surface area contributed by atoms with E-state index in [1.54, 1.807) is 12.2 Å². The van der Waals surface area contributed by atoms with Crippen LogP contribution in [0.15, 0.2) is 35.5 Å². The summed E-state index contributed by atoms with van der Waals surface area (Å²) in [6.45, 7) is 1.82. The third-order valence-electron chi connectivity index (χ3n) is 1.90. The molecule has 0 fully saturated rings.